The maximum absolute atomic E-state index is 5.88. The number of imidazole rings is 1. The molecule has 3 heteroatoms. The SMILES string of the molecule is CC(C)CC(CN)n1cncc1C(C)(C)C. The predicted molar refractivity (Wildman–Crippen MR) is 68.5 cm³/mol. The molecule has 1 aromatic heterocycles. The zero-order chi connectivity index (χ0) is 12.3. The van der Waals surface area contributed by atoms with Gasteiger partial charge in [-0.1, -0.05) is 34.6 Å². The number of nitrogens with two attached hydrogens (primary N) is 1. The van der Waals surface area contributed by atoms with Crippen LogP contribution in [0, 0.1) is 5.92 Å². The molecule has 92 valence electrons. The van der Waals surface area contributed by atoms with Crippen molar-refractivity contribution in [2.75, 3.05) is 6.54 Å². The van der Waals surface area contributed by atoms with Crippen molar-refractivity contribution in [3.05, 3.63) is 18.2 Å². The molecular formula is C13H25N3. The summed E-state index contributed by atoms with van der Waals surface area (Å²) in [6.45, 7) is 11.8. The van der Waals surface area contributed by atoms with Crippen LogP contribution in [0.15, 0.2) is 12.5 Å². The highest BCUT2D eigenvalue weighted by atomic mass is 15.1. The van der Waals surface area contributed by atoms with E-state index >= 15 is 0 Å². The number of nitrogens with zero attached hydrogens (tertiary/aromatic N) is 2. The lowest BCUT2D eigenvalue weighted by molar-refractivity contribution is 0.380. The van der Waals surface area contributed by atoms with Crippen LogP contribution in [0.2, 0.25) is 0 Å². The summed E-state index contributed by atoms with van der Waals surface area (Å²) in [6, 6.07) is 0.372. The van der Waals surface area contributed by atoms with Crippen molar-refractivity contribution in [3.63, 3.8) is 0 Å². The Kier molecular flexibility index (Phi) is 4.14. The molecule has 1 atom stereocenters. The maximum Gasteiger partial charge on any atom is 0.0951 e. The van der Waals surface area contributed by atoms with E-state index in [1.807, 2.05) is 12.5 Å². The minimum atomic E-state index is 0.126. The molecule has 0 amide bonds. The standard InChI is InChI=1S/C13H25N3/c1-10(2)6-11(7-14)16-9-15-8-12(16)13(3,4)5/h8-11H,6-7,14H2,1-5H3. The topological polar surface area (TPSA) is 43.8 Å². The lowest BCUT2D eigenvalue weighted by Crippen LogP contribution is -2.26. The second kappa shape index (κ2) is 5.00. The van der Waals surface area contributed by atoms with Crippen LogP contribution >= 0.6 is 0 Å². The lowest BCUT2D eigenvalue weighted by Gasteiger charge is -2.27. The molecule has 0 aliphatic heterocycles. The second-order valence-electron chi connectivity index (χ2n) is 5.96. The Morgan fingerprint density at radius 2 is 2.00 bits per heavy atom. The van der Waals surface area contributed by atoms with Crippen LogP contribution < -0.4 is 5.73 Å². The van der Waals surface area contributed by atoms with Crippen LogP contribution in [0.25, 0.3) is 0 Å². The minimum Gasteiger partial charge on any atom is -0.330 e. The van der Waals surface area contributed by atoms with Crippen molar-refractivity contribution in [1.82, 2.24) is 9.55 Å². The molecule has 1 heterocycles. The lowest BCUT2D eigenvalue weighted by atomic mass is 9.91. The molecule has 0 radical (unpaired) electrons. The molecule has 0 fully saturated rings. The molecule has 0 bridgehead atoms. The molecule has 0 aromatic carbocycles. The molecular weight excluding hydrogens is 198 g/mol. The van der Waals surface area contributed by atoms with E-state index in [9.17, 15) is 0 Å². The van der Waals surface area contributed by atoms with Gasteiger partial charge in [0.15, 0.2) is 0 Å². The van der Waals surface area contributed by atoms with E-state index in [4.69, 9.17) is 5.73 Å². The predicted octanol–water partition coefficient (Wildman–Crippen LogP) is 2.73. The molecule has 1 rings (SSSR count). The summed E-state index contributed by atoms with van der Waals surface area (Å²) in [4.78, 5) is 4.27. The summed E-state index contributed by atoms with van der Waals surface area (Å²) in [6.07, 6.45) is 4.99. The fourth-order valence-corrected chi connectivity index (χ4v) is 2.04. The Labute approximate surface area is 99.1 Å². The number of rotatable bonds is 4. The van der Waals surface area contributed by atoms with Crippen LogP contribution in [-0.4, -0.2) is 16.1 Å². The van der Waals surface area contributed by atoms with Gasteiger partial charge in [-0.05, 0) is 12.3 Å². The molecule has 16 heavy (non-hydrogen) atoms. The van der Waals surface area contributed by atoms with Crippen molar-refractivity contribution in [2.45, 2.75) is 52.5 Å². The molecule has 0 aliphatic carbocycles. The molecule has 1 aromatic rings. The summed E-state index contributed by atoms with van der Waals surface area (Å²) >= 11 is 0. The van der Waals surface area contributed by atoms with E-state index in [-0.39, 0.29) is 5.41 Å². The van der Waals surface area contributed by atoms with Crippen molar-refractivity contribution < 1.29 is 0 Å². The zero-order valence-electron chi connectivity index (χ0n) is 11.2. The quantitative estimate of drug-likeness (QED) is 0.853. The van der Waals surface area contributed by atoms with Gasteiger partial charge in [0.05, 0.1) is 6.33 Å². The van der Waals surface area contributed by atoms with E-state index in [0.29, 0.717) is 18.5 Å². The average Bonchev–Trinajstić information content (AvgIpc) is 2.61. The highest BCUT2D eigenvalue weighted by Crippen LogP contribution is 2.26. The van der Waals surface area contributed by atoms with Crippen molar-refractivity contribution in [2.24, 2.45) is 11.7 Å². The van der Waals surface area contributed by atoms with Gasteiger partial charge in [-0.2, -0.15) is 0 Å². The maximum atomic E-state index is 5.88. The normalized spacial score (nSPS) is 14.4. The Morgan fingerprint density at radius 1 is 1.38 bits per heavy atom. The van der Waals surface area contributed by atoms with Crippen molar-refractivity contribution in [1.29, 1.82) is 0 Å². The first kappa shape index (κ1) is 13.2. The van der Waals surface area contributed by atoms with Gasteiger partial charge in [0.2, 0.25) is 0 Å². The third-order valence-corrected chi connectivity index (χ3v) is 2.84. The largest absolute Gasteiger partial charge is 0.330 e. The number of hydrogen-bond acceptors (Lipinski definition) is 2. The van der Waals surface area contributed by atoms with E-state index in [1.54, 1.807) is 0 Å². The van der Waals surface area contributed by atoms with Gasteiger partial charge in [-0.3, -0.25) is 0 Å². The average molecular weight is 223 g/mol. The Hall–Kier alpha value is -0.830. The summed E-state index contributed by atoms with van der Waals surface area (Å²) in [5, 5.41) is 0. The summed E-state index contributed by atoms with van der Waals surface area (Å²) in [7, 11) is 0. The van der Waals surface area contributed by atoms with Crippen LogP contribution in [0.3, 0.4) is 0 Å². The Balaban J connectivity index is 2.97. The van der Waals surface area contributed by atoms with Gasteiger partial charge in [-0.25, -0.2) is 4.98 Å². The first-order valence-electron chi connectivity index (χ1n) is 6.08. The van der Waals surface area contributed by atoms with Gasteiger partial charge in [0.25, 0.3) is 0 Å². The number of hydrogen-bond donors (Lipinski definition) is 1. The van der Waals surface area contributed by atoms with Crippen molar-refractivity contribution >= 4 is 0 Å². The van der Waals surface area contributed by atoms with E-state index < -0.39 is 0 Å². The third-order valence-electron chi connectivity index (χ3n) is 2.84. The first-order valence-corrected chi connectivity index (χ1v) is 6.08. The van der Waals surface area contributed by atoms with Gasteiger partial charge >= 0.3 is 0 Å². The van der Waals surface area contributed by atoms with Gasteiger partial charge in [0.1, 0.15) is 0 Å². The molecule has 0 aliphatic rings. The minimum absolute atomic E-state index is 0.126. The zero-order valence-corrected chi connectivity index (χ0v) is 11.2. The fraction of sp³-hybridized carbons (Fsp3) is 0.769. The molecule has 0 spiro atoms. The third kappa shape index (κ3) is 3.08. The highest BCUT2D eigenvalue weighted by molar-refractivity contribution is 5.12. The molecule has 2 N–H and O–H groups in total. The molecule has 0 saturated heterocycles. The second-order valence-corrected chi connectivity index (χ2v) is 5.96. The molecule has 1 unspecified atom stereocenters. The molecule has 0 saturated carbocycles. The fourth-order valence-electron chi connectivity index (χ4n) is 2.04. The van der Waals surface area contributed by atoms with Crippen LogP contribution in [0.5, 0.6) is 0 Å². The van der Waals surface area contributed by atoms with Crippen LogP contribution in [0.1, 0.15) is 52.8 Å². The first-order chi connectivity index (χ1) is 7.36. The Bertz CT molecular complexity index is 320. The summed E-state index contributed by atoms with van der Waals surface area (Å²) < 4.78 is 2.25. The monoisotopic (exact) mass is 223 g/mol. The van der Waals surface area contributed by atoms with E-state index in [1.165, 1.54) is 5.69 Å². The van der Waals surface area contributed by atoms with E-state index in [0.717, 1.165) is 6.42 Å². The Morgan fingerprint density at radius 3 is 2.44 bits per heavy atom. The van der Waals surface area contributed by atoms with Gasteiger partial charge in [-0.15, -0.1) is 0 Å². The smallest absolute Gasteiger partial charge is 0.0951 e. The highest BCUT2D eigenvalue weighted by Gasteiger charge is 2.22. The summed E-state index contributed by atoms with van der Waals surface area (Å²) in [5.41, 5.74) is 7.27. The van der Waals surface area contributed by atoms with Crippen LogP contribution in [0.4, 0.5) is 0 Å². The summed E-state index contributed by atoms with van der Waals surface area (Å²) in [5.74, 6) is 0.656. The van der Waals surface area contributed by atoms with Gasteiger partial charge in [0, 0.05) is 29.9 Å². The van der Waals surface area contributed by atoms with Gasteiger partial charge < -0.3 is 10.3 Å². The van der Waals surface area contributed by atoms with Crippen molar-refractivity contribution in [3.8, 4) is 0 Å². The number of aromatic nitrogens is 2. The molecule has 3 nitrogen and oxygen atoms in total. The van der Waals surface area contributed by atoms with E-state index in [2.05, 4.69) is 44.2 Å². The van der Waals surface area contributed by atoms with Crippen LogP contribution in [-0.2, 0) is 5.41 Å².